The van der Waals surface area contributed by atoms with Gasteiger partial charge in [-0.2, -0.15) is 5.10 Å². The van der Waals surface area contributed by atoms with Gasteiger partial charge in [-0.1, -0.05) is 0 Å². The summed E-state index contributed by atoms with van der Waals surface area (Å²) >= 11 is 0. The van der Waals surface area contributed by atoms with Gasteiger partial charge >= 0.3 is 11.8 Å². The lowest BCUT2D eigenvalue weighted by Gasteiger charge is -2.19. The van der Waals surface area contributed by atoms with E-state index in [0.717, 1.165) is 4.68 Å². The number of nitrogens with zero attached hydrogens (tertiary/aromatic N) is 3. The Balaban J connectivity index is 2.55. The molecule has 1 aromatic rings. The van der Waals surface area contributed by atoms with Gasteiger partial charge < -0.3 is 10.1 Å². The number of alkyl carbamates (subject to hydrolysis) is 1. The largest absolute Gasteiger partial charge is 0.444 e. The van der Waals surface area contributed by atoms with Crippen LogP contribution in [-0.2, 0) is 18.3 Å². The molecule has 0 atom stereocenters. The zero-order valence-corrected chi connectivity index (χ0v) is 12.0. The van der Waals surface area contributed by atoms with Crippen molar-refractivity contribution in [2.75, 3.05) is 6.54 Å². The lowest BCUT2D eigenvalue weighted by atomic mass is 10.2. The van der Waals surface area contributed by atoms with Gasteiger partial charge in [-0.25, -0.2) is 18.7 Å². The van der Waals surface area contributed by atoms with Gasteiger partial charge in [0.15, 0.2) is 0 Å². The average molecular weight is 286 g/mol. The van der Waals surface area contributed by atoms with Crippen molar-refractivity contribution < 1.29 is 13.9 Å². The third-order valence-corrected chi connectivity index (χ3v) is 2.25. The number of hydrogen-bond donors (Lipinski definition) is 1. The zero-order chi connectivity index (χ0) is 15.3. The van der Waals surface area contributed by atoms with E-state index in [4.69, 9.17) is 4.74 Å². The summed E-state index contributed by atoms with van der Waals surface area (Å²) in [5, 5.41) is 6.22. The molecule has 0 radical (unpaired) electrons. The lowest BCUT2D eigenvalue weighted by Crippen LogP contribution is -2.34. The normalized spacial score (nSPS) is 12.3. The van der Waals surface area contributed by atoms with Crippen molar-refractivity contribution in [1.82, 2.24) is 19.7 Å². The molecule has 7 nitrogen and oxygen atoms in total. The van der Waals surface area contributed by atoms with Crippen LogP contribution in [0.3, 0.4) is 0 Å². The van der Waals surface area contributed by atoms with E-state index in [9.17, 15) is 14.0 Å². The number of halogens is 1. The van der Waals surface area contributed by atoms with Crippen molar-refractivity contribution in [3.63, 3.8) is 0 Å². The molecule has 1 rings (SSSR count). The highest BCUT2D eigenvalue weighted by Gasteiger charge is 2.16. The van der Waals surface area contributed by atoms with Crippen LogP contribution in [0.4, 0.5) is 9.18 Å². The first kappa shape index (κ1) is 15.9. The van der Waals surface area contributed by atoms with Gasteiger partial charge in [0.05, 0.1) is 12.9 Å². The predicted molar refractivity (Wildman–Crippen MR) is 70.9 cm³/mol. The van der Waals surface area contributed by atoms with Crippen LogP contribution < -0.4 is 11.0 Å². The maximum Gasteiger partial charge on any atom is 0.407 e. The summed E-state index contributed by atoms with van der Waals surface area (Å²) in [4.78, 5) is 23.0. The molecule has 1 amide bonds. The zero-order valence-electron chi connectivity index (χ0n) is 12.0. The van der Waals surface area contributed by atoms with Crippen molar-refractivity contribution in [2.24, 2.45) is 7.05 Å². The average Bonchev–Trinajstić information content (AvgIpc) is 2.63. The van der Waals surface area contributed by atoms with Crippen LogP contribution >= 0.6 is 0 Å². The molecule has 0 bridgehead atoms. The molecule has 0 aliphatic carbocycles. The molecule has 1 aromatic heterocycles. The van der Waals surface area contributed by atoms with Gasteiger partial charge in [0.2, 0.25) is 0 Å². The molecule has 0 fully saturated rings. The van der Waals surface area contributed by atoms with Gasteiger partial charge in [0.1, 0.15) is 11.9 Å². The molecule has 1 N–H and O–H groups in total. The number of carbonyl (C=O) groups excluding carboxylic acids is 1. The molecule has 1 heterocycles. The molecular formula is C12H19FN4O3. The highest BCUT2D eigenvalue weighted by Crippen LogP contribution is 2.06. The summed E-state index contributed by atoms with van der Waals surface area (Å²) in [5.41, 5.74) is -0.778. The molecule has 0 unspecified atom stereocenters. The molecule has 0 aliphatic rings. The van der Waals surface area contributed by atoms with Crippen LogP contribution in [0.25, 0.3) is 0 Å². The second-order valence-electron chi connectivity index (χ2n) is 5.30. The van der Waals surface area contributed by atoms with Gasteiger partial charge in [-0.3, -0.25) is 4.57 Å². The van der Waals surface area contributed by atoms with Crippen LogP contribution in [0.1, 0.15) is 20.8 Å². The molecule has 0 saturated carbocycles. The van der Waals surface area contributed by atoms with Gasteiger partial charge in [-0.05, 0) is 26.3 Å². The van der Waals surface area contributed by atoms with E-state index in [2.05, 4.69) is 10.4 Å². The predicted octanol–water partition coefficient (Wildman–Crippen LogP) is 0.960. The summed E-state index contributed by atoms with van der Waals surface area (Å²) in [6, 6.07) is 0. The second kappa shape index (κ2) is 6.36. The second-order valence-corrected chi connectivity index (χ2v) is 5.30. The van der Waals surface area contributed by atoms with Gasteiger partial charge in [-0.15, -0.1) is 0 Å². The van der Waals surface area contributed by atoms with Crippen molar-refractivity contribution >= 4 is 6.09 Å². The molecule has 0 aromatic carbocycles. The lowest BCUT2D eigenvalue weighted by molar-refractivity contribution is 0.0532. The van der Waals surface area contributed by atoms with E-state index in [-0.39, 0.29) is 24.4 Å². The molecule has 8 heteroatoms. The third-order valence-electron chi connectivity index (χ3n) is 2.25. The van der Waals surface area contributed by atoms with Crippen LogP contribution in [-0.4, -0.2) is 32.6 Å². The summed E-state index contributed by atoms with van der Waals surface area (Å²) in [5.74, 6) is 0. The maximum atomic E-state index is 12.8. The number of amides is 1. The Kier molecular flexibility index (Phi) is 5.06. The topological polar surface area (TPSA) is 78.2 Å². The number of ether oxygens (including phenoxy) is 1. The number of aromatic nitrogens is 3. The summed E-state index contributed by atoms with van der Waals surface area (Å²) in [6.45, 7) is 5.09. The minimum absolute atomic E-state index is 0.0357. The Bertz CT molecular complexity index is 554. The quantitative estimate of drug-likeness (QED) is 0.894. The molecule has 20 heavy (non-hydrogen) atoms. The first-order valence-corrected chi connectivity index (χ1v) is 6.06. The van der Waals surface area contributed by atoms with Crippen LogP contribution in [0.15, 0.2) is 23.0 Å². The summed E-state index contributed by atoms with van der Waals surface area (Å²) in [7, 11) is 1.55. The van der Waals surface area contributed by atoms with Crippen molar-refractivity contribution in [3.05, 3.63) is 28.7 Å². The van der Waals surface area contributed by atoms with E-state index in [1.165, 1.54) is 10.9 Å². The van der Waals surface area contributed by atoms with E-state index in [1.54, 1.807) is 27.8 Å². The fraction of sp³-hybridized carbons (Fsp3) is 0.583. The Morgan fingerprint density at radius 3 is 2.65 bits per heavy atom. The Morgan fingerprint density at radius 1 is 1.55 bits per heavy atom. The molecular weight excluding hydrogens is 267 g/mol. The SMILES string of the molecule is Cn1cnn(C/C(=C/F)CNC(=O)OC(C)(C)C)c1=O. The van der Waals surface area contributed by atoms with E-state index < -0.39 is 11.7 Å². The number of carbonyl (C=O) groups is 1. The first-order valence-electron chi connectivity index (χ1n) is 6.06. The standard InChI is InChI=1S/C12H19FN4O3/c1-12(2,3)20-10(18)14-6-9(5-13)7-17-11(19)16(4)8-15-17/h5,8H,6-7H2,1-4H3,(H,14,18)/b9-5+. The molecule has 0 saturated heterocycles. The van der Waals surface area contributed by atoms with Crippen LogP contribution in [0.2, 0.25) is 0 Å². The van der Waals surface area contributed by atoms with E-state index in [0.29, 0.717) is 6.33 Å². The number of rotatable bonds is 4. The highest BCUT2D eigenvalue weighted by atomic mass is 19.1. The van der Waals surface area contributed by atoms with Crippen molar-refractivity contribution in [1.29, 1.82) is 0 Å². The first-order chi connectivity index (χ1) is 9.23. The molecule has 112 valence electrons. The monoisotopic (exact) mass is 286 g/mol. The molecule has 0 aliphatic heterocycles. The van der Waals surface area contributed by atoms with Crippen molar-refractivity contribution in [2.45, 2.75) is 32.9 Å². The fourth-order valence-electron chi connectivity index (χ4n) is 1.35. The minimum atomic E-state index is -0.648. The van der Waals surface area contributed by atoms with Crippen molar-refractivity contribution in [3.8, 4) is 0 Å². The highest BCUT2D eigenvalue weighted by molar-refractivity contribution is 5.67. The summed E-state index contributed by atoms with van der Waals surface area (Å²) in [6.07, 6.45) is 1.03. The van der Waals surface area contributed by atoms with Gasteiger partial charge in [0.25, 0.3) is 0 Å². The number of aryl methyl sites for hydroxylation is 1. The number of nitrogens with one attached hydrogen (secondary N) is 1. The van der Waals surface area contributed by atoms with E-state index >= 15 is 0 Å². The molecule has 0 spiro atoms. The summed E-state index contributed by atoms with van der Waals surface area (Å²) < 4.78 is 20.2. The van der Waals surface area contributed by atoms with Crippen LogP contribution in [0, 0.1) is 0 Å². The van der Waals surface area contributed by atoms with Crippen LogP contribution in [0.5, 0.6) is 0 Å². The van der Waals surface area contributed by atoms with E-state index in [1.807, 2.05) is 0 Å². The third kappa shape index (κ3) is 4.87. The maximum absolute atomic E-state index is 12.8. The minimum Gasteiger partial charge on any atom is -0.444 e. The fourth-order valence-corrected chi connectivity index (χ4v) is 1.35. The number of hydrogen-bond acceptors (Lipinski definition) is 4. The Labute approximate surface area is 116 Å². The smallest absolute Gasteiger partial charge is 0.407 e. The Morgan fingerprint density at radius 2 is 2.20 bits per heavy atom. The Hall–Kier alpha value is -2.12. The van der Waals surface area contributed by atoms with Gasteiger partial charge in [0, 0.05) is 13.6 Å².